The minimum Gasteiger partial charge on any atom is -0.490 e. The molecule has 2 heterocycles. The number of aromatic nitrogens is 2. The molecule has 1 aromatic rings. The lowest BCUT2D eigenvalue weighted by Crippen LogP contribution is -2.38. The number of nitrogens with zero attached hydrogens (tertiary/aromatic N) is 4. The first-order valence-electron chi connectivity index (χ1n) is 5.27. The molecule has 8 heteroatoms. The van der Waals surface area contributed by atoms with E-state index in [-0.39, 0.29) is 11.0 Å². The Labute approximate surface area is 112 Å². The van der Waals surface area contributed by atoms with Crippen LogP contribution >= 0.6 is 11.6 Å². The maximum Gasteiger partial charge on any atom is 0.235 e. The van der Waals surface area contributed by atoms with Crippen LogP contribution in [0.2, 0.25) is 5.15 Å². The summed E-state index contributed by atoms with van der Waals surface area (Å²) in [7, 11) is 0.695. The zero-order valence-corrected chi connectivity index (χ0v) is 11.3. The summed E-state index contributed by atoms with van der Waals surface area (Å²) in [6.45, 7) is 1.20. The molecule has 0 aliphatic carbocycles. The number of ether oxygens (including phenoxy) is 1. The summed E-state index contributed by atoms with van der Waals surface area (Å²) in [6, 6.07) is 1.86. The molecule has 1 fully saturated rings. The second-order valence-corrected chi connectivity index (χ2v) is 5.70. The average molecular weight is 287 g/mol. The molecule has 0 radical (unpaired) electrons. The van der Waals surface area contributed by atoms with Crippen molar-refractivity contribution in [2.24, 2.45) is 0 Å². The fourth-order valence-corrected chi connectivity index (χ4v) is 3.00. The van der Waals surface area contributed by atoms with E-state index in [0.717, 1.165) is 0 Å². The Balaban J connectivity index is 2.39. The SMILES string of the molecule is COc1c(Cl)nc(C#N)nc1N1CCS(=O)CC1. The van der Waals surface area contributed by atoms with Gasteiger partial charge in [-0.15, -0.1) is 0 Å². The summed E-state index contributed by atoms with van der Waals surface area (Å²) in [5.41, 5.74) is 0. The molecule has 0 atom stereocenters. The number of nitriles is 1. The number of hydrogen-bond acceptors (Lipinski definition) is 6. The molecule has 0 N–H and O–H groups in total. The van der Waals surface area contributed by atoms with Gasteiger partial charge >= 0.3 is 0 Å². The maximum absolute atomic E-state index is 11.3. The topological polar surface area (TPSA) is 79.1 Å². The smallest absolute Gasteiger partial charge is 0.235 e. The molecule has 1 aliphatic heterocycles. The van der Waals surface area contributed by atoms with E-state index < -0.39 is 10.8 Å². The molecular formula is C10H11ClN4O2S. The molecule has 18 heavy (non-hydrogen) atoms. The molecule has 2 rings (SSSR count). The molecule has 96 valence electrons. The van der Waals surface area contributed by atoms with E-state index in [9.17, 15) is 4.21 Å². The standard InChI is InChI=1S/C10H11ClN4O2S/c1-17-8-9(11)13-7(6-12)14-10(8)15-2-4-18(16)5-3-15/h2-5H2,1H3. The van der Waals surface area contributed by atoms with Crippen LogP contribution in [0.1, 0.15) is 5.82 Å². The van der Waals surface area contributed by atoms with Gasteiger partial charge in [-0.2, -0.15) is 10.2 Å². The Morgan fingerprint density at radius 2 is 2.11 bits per heavy atom. The van der Waals surface area contributed by atoms with Gasteiger partial charge in [0.1, 0.15) is 6.07 Å². The molecule has 0 spiro atoms. The Morgan fingerprint density at radius 1 is 1.44 bits per heavy atom. The van der Waals surface area contributed by atoms with E-state index in [1.807, 2.05) is 11.0 Å². The number of hydrogen-bond donors (Lipinski definition) is 0. The highest BCUT2D eigenvalue weighted by Gasteiger charge is 2.23. The van der Waals surface area contributed by atoms with Crippen LogP contribution < -0.4 is 9.64 Å². The monoisotopic (exact) mass is 286 g/mol. The van der Waals surface area contributed by atoms with E-state index in [4.69, 9.17) is 21.6 Å². The van der Waals surface area contributed by atoms with Crippen molar-refractivity contribution in [3.8, 4) is 11.8 Å². The van der Waals surface area contributed by atoms with E-state index in [1.165, 1.54) is 7.11 Å². The Hall–Kier alpha value is -1.39. The van der Waals surface area contributed by atoms with Gasteiger partial charge in [0.15, 0.2) is 16.7 Å². The minimum atomic E-state index is -0.780. The van der Waals surface area contributed by atoms with Gasteiger partial charge in [-0.3, -0.25) is 4.21 Å². The van der Waals surface area contributed by atoms with Crippen molar-refractivity contribution in [1.82, 2.24) is 9.97 Å². The van der Waals surface area contributed by atoms with Crippen LogP contribution in [0.15, 0.2) is 0 Å². The highest BCUT2D eigenvalue weighted by Crippen LogP contribution is 2.32. The van der Waals surface area contributed by atoms with E-state index in [1.54, 1.807) is 0 Å². The predicted molar refractivity (Wildman–Crippen MR) is 68.4 cm³/mol. The summed E-state index contributed by atoms with van der Waals surface area (Å²) in [4.78, 5) is 9.84. The van der Waals surface area contributed by atoms with Gasteiger partial charge in [0.25, 0.3) is 0 Å². The van der Waals surface area contributed by atoms with Gasteiger partial charge in [-0.05, 0) is 0 Å². The second kappa shape index (κ2) is 5.50. The van der Waals surface area contributed by atoms with Crippen LogP contribution in [0.5, 0.6) is 5.75 Å². The van der Waals surface area contributed by atoms with Crippen LogP contribution in [0.3, 0.4) is 0 Å². The van der Waals surface area contributed by atoms with Crippen molar-refractivity contribution in [2.45, 2.75) is 0 Å². The molecule has 0 saturated carbocycles. The van der Waals surface area contributed by atoms with Crippen molar-refractivity contribution in [1.29, 1.82) is 5.26 Å². The van der Waals surface area contributed by atoms with E-state index in [0.29, 0.717) is 36.2 Å². The lowest BCUT2D eigenvalue weighted by atomic mass is 10.4. The lowest BCUT2D eigenvalue weighted by molar-refractivity contribution is 0.410. The number of anilines is 1. The zero-order valence-electron chi connectivity index (χ0n) is 9.72. The molecule has 6 nitrogen and oxygen atoms in total. The summed E-state index contributed by atoms with van der Waals surface area (Å²) in [6.07, 6.45) is 0. The highest BCUT2D eigenvalue weighted by atomic mass is 35.5. The summed E-state index contributed by atoms with van der Waals surface area (Å²) in [5.74, 6) is 2.00. The zero-order chi connectivity index (χ0) is 13.1. The third kappa shape index (κ3) is 2.54. The van der Waals surface area contributed by atoms with Crippen molar-refractivity contribution in [2.75, 3.05) is 36.6 Å². The summed E-state index contributed by atoms with van der Waals surface area (Å²) < 4.78 is 16.5. The molecular weight excluding hydrogens is 276 g/mol. The normalized spacial score (nSPS) is 16.4. The van der Waals surface area contributed by atoms with Gasteiger partial charge in [0.05, 0.1) is 7.11 Å². The van der Waals surface area contributed by atoms with Crippen molar-refractivity contribution in [3.63, 3.8) is 0 Å². The van der Waals surface area contributed by atoms with Gasteiger partial charge in [-0.25, -0.2) is 4.98 Å². The molecule has 0 unspecified atom stereocenters. The molecule has 1 saturated heterocycles. The minimum absolute atomic E-state index is 0.00231. The van der Waals surface area contributed by atoms with Gasteiger partial charge in [-0.1, -0.05) is 11.6 Å². The summed E-state index contributed by atoms with van der Waals surface area (Å²) >= 11 is 5.95. The largest absolute Gasteiger partial charge is 0.490 e. The first-order valence-corrected chi connectivity index (χ1v) is 7.14. The first-order chi connectivity index (χ1) is 8.65. The molecule has 1 aromatic heterocycles. The number of rotatable bonds is 2. The van der Waals surface area contributed by atoms with Gasteiger partial charge < -0.3 is 9.64 Å². The highest BCUT2D eigenvalue weighted by molar-refractivity contribution is 7.85. The van der Waals surface area contributed by atoms with Crippen LogP contribution in [0, 0.1) is 11.3 Å². The molecule has 1 aliphatic rings. The maximum atomic E-state index is 11.3. The van der Waals surface area contributed by atoms with E-state index >= 15 is 0 Å². The lowest BCUT2D eigenvalue weighted by Gasteiger charge is -2.28. The number of methoxy groups -OCH3 is 1. The first kappa shape index (κ1) is 13.1. The Kier molecular flexibility index (Phi) is 3.99. The fraction of sp³-hybridized carbons (Fsp3) is 0.500. The van der Waals surface area contributed by atoms with Crippen molar-refractivity contribution < 1.29 is 8.95 Å². The molecule has 0 bridgehead atoms. The second-order valence-electron chi connectivity index (χ2n) is 3.64. The Morgan fingerprint density at radius 3 is 2.67 bits per heavy atom. The molecule has 0 aromatic carbocycles. The molecule has 0 amide bonds. The van der Waals surface area contributed by atoms with Crippen LogP contribution in [0.25, 0.3) is 0 Å². The fourth-order valence-electron chi connectivity index (χ4n) is 1.70. The summed E-state index contributed by atoms with van der Waals surface area (Å²) in [5, 5.41) is 8.97. The third-order valence-corrected chi connectivity index (χ3v) is 4.12. The van der Waals surface area contributed by atoms with Crippen LogP contribution in [-0.2, 0) is 10.8 Å². The van der Waals surface area contributed by atoms with Crippen molar-refractivity contribution in [3.05, 3.63) is 11.0 Å². The Bertz CT molecular complexity index is 521. The van der Waals surface area contributed by atoms with Crippen LogP contribution in [-0.4, -0.2) is 45.9 Å². The predicted octanol–water partition coefficient (Wildman–Crippen LogP) is 0.579. The van der Waals surface area contributed by atoms with E-state index in [2.05, 4.69) is 9.97 Å². The van der Waals surface area contributed by atoms with Crippen molar-refractivity contribution >= 4 is 28.2 Å². The van der Waals surface area contributed by atoms with Gasteiger partial charge in [0.2, 0.25) is 5.82 Å². The number of halogens is 1. The third-order valence-electron chi connectivity index (χ3n) is 2.59. The quantitative estimate of drug-likeness (QED) is 0.740. The average Bonchev–Trinajstić information content (AvgIpc) is 2.38. The van der Waals surface area contributed by atoms with Gasteiger partial charge in [0, 0.05) is 35.4 Å². The van der Waals surface area contributed by atoms with Crippen LogP contribution in [0.4, 0.5) is 5.82 Å².